The van der Waals surface area contributed by atoms with Gasteiger partial charge in [0.2, 0.25) is 0 Å². The highest BCUT2D eigenvalue weighted by atomic mass is 32.1. The second-order valence-electron chi connectivity index (χ2n) is 5.46. The Kier molecular flexibility index (Phi) is 4.26. The van der Waals surface area contributed by atoms with Crippen LogP contribution >= 0.6 is 45.3 Å². The lowest BCUT2D eigenvalue weighted by molar-refractivity contribution is 0.102. The average molecular weight is 387 g/mol. The van der Waals surface area contributed by atoms with Crippen molar-refractivity contribution < 1.29 is 4.79 Å². The van der Waals surface area contributed by atoms with Crippen molar-refractivity contribution in [3.63, 3.8) is 0 Å². The van der Waals surface area contributed by atoms with Gasteiger partial charge in [-0.15, -0.1) is 45.3 Å². The van der Waals surface area contributed by atoms with Crippen LogP contribution in [0.3, 0.4) is 0 Å². The Hall–Kier alpha value is -1.53. The van der Waals surface area contributed by atoms with Crippen LogP contribution in [0.5, 0.6) is 0 Å². The molecule has 0 saturated heterocycles. The first kappa shape index (κ1) is 16.0. The lowest BCUT2D eigenvalue weighted by Crippen LogP contribution is -1.83. The first-order chi connectivity index (χ1) is 11.6. The molecule has 0 spiro atoms. The number of rotatable bonds is 4. The summed E-state index contributed by atoms with van der Waals surface area (Å²) < 4.78 is 0. The summed E-state index contributed by atoms with van der Waals surface area (Å²) in [6.07, 6.45) is 0. The smallest absolute Gasteiger partial charge is 0.169 e. The van der Waals surface area contributed by atoms with E-state index in [0.29, 0.717) is 0 Å². The van der Waals surface area contributed by atoms with Gasteiger partial charge >= 0.3 is 0 Å². The van der Waals surface area contributed by atoms with Gasteiger partial charge in [0.1, 0.15) is 0 Å². The molecule has 4 aromatic rings. The minimum absolute atomic E-state index is 0.136. The van der Waals surface area contributed by atoms with Crippen LogP contribution in [0.2, 0.25) is 0 Å². The first-order valence-corrected chi connectivity index (χ1v) is 10.7. The highest BCUT2D eigenvalue weighted by Crippen LogP contribution is 2.42. The molecule has 0 N–H and O–H groups in total. The SMILES string of the molecule is CC(=O)c1ccc(-c2ccc(-c3ccc(-c4ccc(C)s4)s3)s2)s1. The van der Waals surface area contributed by atoms with Crippen molar-refractivity contribution in [1.29, 1.82) is 0 Å². The van der Waals surface area contributed by atoms with Gasteiger partial charge in [0.05, 0.1) is 4.88 Å². The summed E-state index contributed by atoms with van der Waals surface area (Å²) in [5.41, 5.74) is 0. The predicted molar refractivity (Wildman–Crippen MR) is 109 cm³/mol. The van der Waals surface area contributed by atoms with Gasteiger partial charge in [0.15, 0.2) is 5.78 Å². The Morgan fingerprint density at radius 1 is 0.625 bits per heavy atom. The molecule has 0 fully saturated rings. The average Bonchev–Trinajstić information content (AvgIpc) is 3.32. The molecule has 0 aliphatic heterocycles. The van der Waals surface area contributed by atoms with Crippen molar-refractivity contribution in [2.75, 3.05) is 0 Å². The number of ketones is 1. The Morgan fingerprint density at radius 2 is 1.04 bits per heavy atom. The molecule has 24 heavy (non-hydrogen) atoms. The van der Waals surface area contributed by atoms with E-state index in [1.54, 1.807) is 29.6 Å². The third-order valence-electron chi connectivity index (χ3n) is 3.63. The van der Waals surface area contributed by atoms with Crippen LogP contribution in [0.25, 0.3) is 29.3 Å². The zero-order valence-electron chi connectivity index (χ0n) is 13.2. The Morgan fingerprint density at radius 3 is 1.46 bits per heavy atom. The van der Waals surface area contributed by atoms with Gasteiger partial charge in [-0.25, -0.2) is 0 Å². The Balaban J connectivity index is 1.63. The van der Waals surface area contributed by atoms with Gasteiger partial charge in [-0.05, 0) is 62.4 Å². The summed E-state index contributed by atoms with van der Waals surface area (Å²) in [4.78, 5) is 21.3. The van der Waals surface area contributed by atoms with E-state index >= 15 is 0 Å². The fraction of sp³-hybridized carbons (Fsp3) is 0.105. The minimum Gasteiger partial charge on any atom is -0.294 e. The summed E-state index contributed by atoms with van der Waals surface area (Å²) in [7, 11) is 0. The largest absolute Gasteiger partial charge is 0.294 e. The lowest BCUT2D eigenvalue weighted by atomic mass is 10.3. The molecule has 0 bridgehead atoms. The number of aryl methyl sites for hydroxylation is 1. The predicted octanol–water partition coefficient (Wildman–Crippen LogP) is 7.44. The second kappa shape index (κ2) is 6.41. The summed E-state index contributed by atoms with van der Waals surface area (Å²) in [6, 6.07) is 17.1. The normalized spacial score (nSPS) is 11.1. The molecule has 0 radical (unpaired) electrons. The summed E-state index contributed by atoms with van der Waals surface area (Å²) in [6.45, 7) is 3.76. The molecule has 120 valence electrons. The van der Waals surface area contributed by atoms with Crippen LogP contribution in [-0.4, -0.2) is 5.78 Å². The molecule has 4 heterocycles. The van der Waals surface area contributed by atoms with Gasteiger partial charge in [0.25, 0.3) is 0 Å². The van der Waals surface area contributed by atoms with Gasteiger partial charge in [-0.1, -0.05) is 0 Å². The van der Waals surface area contributed by atoms with Crippen LogP contribution in [0, 0.1) is 6.92 Å². The lowest BCUT2D eigenvalue weighted by Gasteiger charge is -1.92. The number of thiophene rings is 4. The van der Waals surface area contributed by atoms with Crippen LogP contribution < -0.4 is 0 Å². The number of hydrogen-bond donors (Lipinski definition) is 0. The number of carbonyl (C=O) groups is 1. The van der Waals surface area contributed by atoms with E-state index in [4.69, 9.17) is 0 Å². The van der Waals surface area contributed by atoms with E-state index < -0.39 is 0 Å². The van der Waals surface area contributed by atoms with E-state index in [-0.39, 0.29) is 5.78 Å². The van der Waals surface area contributed by atoms with Gasteiger partial charge in [-0.2, -0.15) is 0 Å². The van der Waals surface area contributed by atoms with Crippen molar-refractivity contribution in [3.8, 4) is 29.3 Å². The van der Waals surface area contributed by atoms with Crippen molar-refractivity contribution in [2.45, 2.75) is 13.8 Å². The van der Waals surface area contributed by atoms with E-state index in [1.807, 2.05) is 34.8 Å². The van der Waals surface area contributed by atoms with Crippen LogP contribution in [0.1, 0.15) is 21.5 Å². The van der Waals surface area contributed by atoms with E-state index in [0.717, 1.165) is 4.88 Å². The van der Waals surface area contributed by atoms with E-state index in [9.17, 15) is 4.79 Å². The highest BCUT2D eigenvalue weighted by Gasteiger charge is 2.12. The molecule has 0 saturated carbocycles. The van der Waals surface area contributed by atoms with Gasteiger partial charge in [0, 0.05) is 34.1 Å². The molecule has 0 amide bonds. The number of Topliss-reactive ketones (excluding diaryl/α,β-unsaturated/α-hetero) is 1. The summed E-state index contributed by atoms with van der Waals surface area (Å²) in [5, 5.41) is 0. The quantitative estimate of drug-likeness (QED) is 0.333. The standard InChI is InChI=1S/C19H14OS4/c1-11-3-4-14(21-11)15-7-8-18(23-15)19-10-9-17(24-19)16-6-5-13(22-16)12(2)20/h3-10H,1-2H3. The van der Waals surface area contributed by atoms with Gasteiger partial charge in [-0.3, -0.25) is 4.79 Å². The minimum atomic E-state index is 0.136. The molecular formula is C19H14OS4. The molecule has 5 heteroatoms. The third-order valence-corrected chi connectivity index (χ3v) is 8.58. The van der Waals surface area contributed by atoms with Crippen LogP contribution in [-0.2, 0) is 0 Å². The first-order valence-electron chi connectivity index (χ1n) is 7.48. The molecule has 4 rings (SSSR count). The molecule has 1 nitrogen and oxygen atoms in total. The van der Waals surface area contributed by atoms with Crippen LogP contribution in [0.15, 0.2) is 48.5 Å². The second-order valence-corrected chi connectivity index (χ2v) is 10.00. The van der Waals surface area contributed by atoms with E-state index in [1.165, 1.54) is 34.1 Å². The van der Waals surface area contributed by atoms with Gasteiger partial charge < -0.3 is 0 Å². The molecule has 0 unspecified atom stereocenters. The van der Waals surface area contributed by atoms with Crippen molar-refractivity contribution in [3.05, 3.63) is 58.3 Å². The molecular weight excluding hydrogens is 372 g/mol. The summed E-state index contributed by atoms with van der Waals surface area (Å²) in [5.74, 6) is 0.136. The maximum atomic E-state index is 11.5. The molecule has 4 aromatic heterocycles. The highest BCUT2D eigenvalue weighted by molar-refractivity contribution is 7.28. The topological polar surface area (TPSA) is 17.1 Å². The third kappa shape index (κ3) is 3.05. The molecule has 0 aromatic carbocycles. The zero-order valence-corrected chi connectivity index (χ0v) is 16.4. The van der Waals surface area contributed by atoms with Crippen molar-refractivity contribution >= 4 is 51.1 Å². The Labute approximate surface area is 156 Å². The molecule has 0 aliphatic carbocycles. The molecule has 0 atom stereocenters. The summed E-state index contributed by atoms with van der Waals surface area (Å²) >= 11 is 7.05. The molecule has 0 aliphatic rings. The van der Waals surface area contributed by atoms with Crippen molar-refractivity contribution in [2.24, 2.45) is 0 Å². The monoisotopic (exact) mass is 386 g/mol. The van der Waals surface area contributed by atoms with Crippen molar-refractivity contribution in [1.82, 2.24) is 0 Å². The number of carbonyl (C=O) groups excluding carboxylic acids is 1. The maximum Gasteiger partial charge on any atom is 0.169 e. The van der Waals surface area contributed by atoms with Crippen LogP contribution in [0.4, 0.5) is 0 Å². The Bertz CT molecular complexity index is 1010. The zero-order chi connectivity index (χ0) is 16.7. The fourth-order valence-corrected chi connectivity index (χ4v) is 6.48. The van der Waals surface area contributed by atoms with E-state index in [2.05, 4.69) is 43.3 Å². The number of hydrogen-bond acceptors (Lipinski definition) is 5. The fourth-order valence-electron chi connectivity index (χ4n) is 2.43. The maximum absolute atomic E-state index is 11.5.